The van der Waals surface area contributed by atoms with E-state index in [0.29, 0.717) is 0 Å². The van der Waals surface area contributed by atoms with Crippen molar-refractivity contribution in [1.29, 1.82) is 0 Å². The maximum absolute atomic E-state index is 6.61. The Morgan fingerprint density at radius 3 is 1.83 bits per heavy atom. The Labute approximate surface area is 278 Å². The number of fused-ring (bicyclic) bond motifs is 6. The number of benzene rings is 6. The van der Waals surface area contributed by atoms with Crippen molar-refractivity contribution in [1.82, 2.24) is 4.98 Å². The van der Waals surface area contributed by atoms with Gasteiger partial charge in [-0.05, 0) is 70.8 Å². The summed E-state index contributed by atoms with van der Waals surface area (Å²) < 4.78 is 19.3. The van der Waals surface area contributed by atoms with Crippen molar-refractivity contribution in [3.8, 4) is 67.4 Å². The third-order valence-corrected chi connectivity index (χ3v) is 8.97. The lowest BCUT2D eigenvalue weighted by molar-refractivity contribution is -0.0778. The van der Waals surface area contributed by atoms with Crippen molar-refractivity contribution in [2.75, 3.05) is 0 Å². The predicted molar refractivity (Wildman–Crippen MR) is 194 cm³/mol. The summed E-state index contributed by atoms with van der Waals surface area (Å²) >= 11 is 0. The highest BCUT2D eigenvalue weighted by Gasteiger charge is 2.30. The summed E-state index contributed by atoms with van der Waals surface area (Å²) in [6.45, 7) is 3.91. The lowest BCUT2D eigenvalue weighted by atomic mass is 9.93. The molecule has 0 fully saturated rings. The molecule has 2 aromatic heterocycles. The van der Waals surface area contributed by atoms with Gasteiger partial charge in [0.1, 0.15) is 22.7 Å². The molecular weight excluding hydrogens is 590 g/mol. The summed E-state index contributed by atoms with van der Waals surface area (Å²) in [5, 5.41) is 2.20. The van der Waals surface area contributed by atoms with Crippen LogP contribution in [0.5, 0.6) is 11.5 Å². The molecule has 0 N–H and O–H groups in total. The Balaban J connectivity index is 1.20. The molecule has 0 atom stereocenters. The molecule has 230 valence electrons. The van der Waals surface area contributed by atoms with E-state index in [-0.39, 0.29) is 0 Å². The number of rotatable bonds is 4. The largest absolute Gasteiger partial charge is 0.456 e. The Morgan fingerprint density at radius 2 is 1.08 bits per heavy atom. The number of furan rings is 1. The molecule has 0 amide bonds. The molecule has 4 nitrogen and oxygen atoms in total. The minimum absolute atomic E-state index is 0.767. The van der Waals surface area contributed by atoms with Crippen LogP contribution in [0.3, 0.4) is 0 Å². The van der Waals surface area contributed by atoms with Crippen LogP contribution in [0.25, 0.3) is 77.8 Å². The molecule has 0 spiro atoms. The fourth-order valence-corrected chi connectivity index (χ4v) is 6.78. The van der Waals surface area contributed by atoms with Gasteiger partial charge in [-0.25, -0.2) is 4.98 Å². The molecule has 0 aliphatic carbocycles. The maximum Gasteiger partial charge on any atom is 0.245 e. The van der Waals surface area contributed by atoms with Crippen molar-refractivity contribution >= 4 is 21.9 Å². The Bertz CT molecular complexity index is 2420. The van der Waals surface area contributed by atoms with Gasteiger partial charge in [-0.2, -0.15) is 0 Å². The molecule has 0 saturated carbocycles. The zero-order valence-electron chi connectivity index (χ0n) is 26.6. The van der Waals surface area contributed by atoms with E-state index in [0.717, 1.165) is 89.3 Å². The summed E-state index contributed by atoms with van der Waals surface area (Å²) in [7, 11) is 0. The standard InChI is InChI=1S/C44H31NO3/c1-44(2)47-40-23-21-30(32-25-37(28-12-5-3-6-13-28)45-38(26-32)29-14-7-4-8-15-29)24-36(40)34-22-20-31(27-42(34)48-44)33-17-11-19-41-43(33)35-16-9-10-18-39(35)46-41/h3-27H,1-2H3. The lowest BCUT2D eigenvalue weighted by Crippen LogP contribution is -2.34. The van der Waals surface area contributed by atoms with Gasteiger partial charge in [0.05, 0.1) is 11.4 Å². The van der Waals surface area contributed by atoms with Crippen LogP contribution in [-0.4, -0.2) is 10.8 Å². The number of ether oxygens (including phenoxy) is 2. The summed E-state index contributed by atoms with van der Waals surface area (Å²) in [5.41, 5.74) is 12.0. The number of aromatic nitrogens is 1. The van der Waals surface area contributed by atoms with Crippen molar-refractivity contribution in [2.45, 2.75) is 19.6 Å². The molecule has 1 aliphatic heterocycles. The van der Waals surface area contributed by atoms with Crippen molar-refractivity contribution in [2.24, 2.45) is 0 Å². The number of hydrogen-bond acceptors (Lipinski definition) is 4. The SMILES string of the molecule is CC1(C)Oc2cc(-c3cccc4oc5ccccc5c34)ccc2-c2cc(-c3cc(-c4ccccc4)nc(-c4ccccc4)c3)ccc2O1. The fraction of sp³-hybridized carbons (Fsp3) is 0.0682. The van der Waals surface area contributed by atoms with E-state index in [1.54, 1.807) is 0 Å². The van der Waals surface area contributed by atoms with Gasteiger partial charge >= 0.3 is 0 Å². The van der Waals surface area contributed by atoms with Crippen LogP contribution < -0.4 is 9.47 Å². The van der Waals surface area contributed by atoms with Gasteiger partial charge in [-0.15, -0.1) is 0 Å². The van der Waals surface area contributed by atoms with Gasteiger partial charge in [-0.3, -0.25) is 0 Å². The monoisotopic (exact) mass is 621 g/mol. The van der Waals surface area contributed by atoms with Crippen LogP contribution in [0.1, 0.15) is 13.8 Å². The maximum atomic E-state index is 6.61. The van der Waals surface area contributed by atoms with E-state index in [4.69, 9.17) is 18.9 Å². The van der Waals surface area contributed by atoms with Gasteiger partial charge in [0.2, 0.25) is 5.79 Å². The summed E-state index contributed by atoms with van der Waals surface area (Å²) in [6, 6.07) is 52.3. The zero-order chi connectivity index (χ0) is 32.2. The molecule has 0 saturated heterocycles. The minimum atomic E-state index is -0.883. The van der Waals surface area contributed by atoms with E-state index in [1.165, 1.54) is 0 Å². The van der Waals surface area contributed by atoms with Gasteiger partial charge in [0.15, 0.2) is 0 Å². The molecule has 1 aliphatic rings. The number of nitrogens with zero attached hydrogens (tertiary/aromatic N) is 1. The first-order chi connectivity index (χ1) is 23.5. The topological polar surface area (TPSA) is 44.5 Å². The molecule has 6 aromatic carbocycles. The van der Waals surface area contributed by atoms with Gasteiger partial charge in [0, 0.05) is 46.9 Å². The molecule has 4 heteroatoms. The Morgan fingerprint density at radius 1 is 0.438 bits per heavy atom. The van der Waals surface area contributed by atoms with Crippen molar-refractivity contribution in [3.05, 3.63) is 152 Å². The number of hydrogen-bond donors (Lipinski definition) is 0. The number of pyridine rings is 1. The Hall–Kier alpha value is -6.13. The third-order valence-electron chi connectivity index (χ3n) is 8.97. The van der Waals surface area contributed by atoms with Crippen LogP contribution in [0.15, 0.2) is 156 Å². The second-order valence-electron chi connectivity index (χ2n) is 12.7. The molecule has 9 rings (SSSR count). The van der Waals surface area contributed by atoms with Gasteiger partial charge < -0.3 is 13.9 Å². The van der Waals surface area contributed by atoms with Gasteiger partial charge in [-0.1, -0.05) is 103 Å². The first-order valence-electron chi connectivity index (χ1n) is 16.2. The lowest BCUT2D eigenvalue weighted by Gasteiger charge is -2.26. The smallest absolute Gasteiger partial charge is 0.245 e. The van der Waals surface area contributed by atoms with Crippen LogP contribution in [0.2, 0.25) is 0 Å². The van der Waals surface area contributed by atoms with Crippen LogP contribution in [0.4, 0.5) is 0 Å². The zero-order valence-corrected chi connectivity index (χ0v) is 26.6. The summed E-state index contributed by atoms with van der Waals surface area (Å²) in [5.74, 6) is 0.660. The highest BCUT2D eigenvalue weighted by molar-refractivity contribution is 6.12. The summed E-state index contributed by atoms with van der Waals surface area (Å²) in [6.07, 6.45) is 0. The van der Waals surface area contributed by atoms with Crippen molar-refractivity contribution < 1.29 is 13.9 Å². The second kappa shape index (κ2) is 11.0. The van der Waals surface area contributed by atoms with E-state index in [9.17, 15) is 0 Å². The molecule has 0 radical (unpaired) electrons. The van der Waals surface area contributed by atoms with E-state index < -0.39 is 5.79 Å². The van der Waals surface area contributed by atoms with E-state index in [1.807, 2.05) is 74.5 Å². The molecule has 8 aromatic rings. The second-order valence-corrected chi connectivity index (χ2v) is 12.7. The summed E-state index contributed by atoms with van der Waals surface area (Å²) in [4.78, 5) is 5.08. The minimum Gasteiger partial charge on any atom is -0.456 e. The molecule has 3 heterocycles. The first kappa shape index (κ1) is 28.1. The molecule has 48 heavy (non-hydrogen) atoms. The highest BCUT2D eigenvalue weighted by atomic mass is 16.7. The van der Waals surface area contributed by atoms with Crippen LogP contribution in [0, 0.1) is 0 Å². The highest BCUT2D eigenvalue weighted by Crippen LogP contribution is 2.47. The molecule has 0 unspecified atom stereocenters. The van der Waals surface area contributed by atoms with Gasteiger partial charge in [0.25, 0.3) is 0 Å². The predicted octanol–water partition coefficient (Wildman–Crippen LogP) is 11.8. The van der Waals surface area contributed by atoms with Crippen LogP contribution >= 0.6 is 0 Å². The van der Waals surface area contributed by atoms with E-state index in [2.05, 4.69) is 91.0 Å². The normalized spacial score (nSPS) is 13.3. The molecule has 0 bridgehead atoms. The number of para-hydroxylation sites is 1. The average Bonchev–Trinajstić information content (AvgIpc) is 3.46. The quantitative estimate of drug-likeness (QED) is 0.196. The first-order valence-corrected chi connectivity index (χ1v) is 16.2. The molecular formula is C44H31NO3. The Kier molecular flexibility index (Phi) is 6.44. The van der Waals surface area contributed by atoms with E-state index >= 15 is 0 Å². The average molecular weight is 622 g/mol. The third kappa shape index (κ3) is 4.90. The fourth-order valence-electron chi connectivity index (χ4n) is 6.78. The van der Waals surface area contributed by atoms with Crippen LogP contribution in [-0.2, 0) is 0 Å². The van der Waals surface area contributed by atoms with Crippen molar-refractivity contribution in [3.63, 3.8) is 0 Å².